The molecule has 0 unspecified atom stereocenters. The molecule has 0 aliphatic heterocycles. The number of rotatable bonds is 4. The first kappa shape index (κ1) is 21.8. The first-order chi connectivity index (χ1) is 11.7. The van der Waals surface area contributed by atoms with Gasteiger partial charge in [0.1, 0.15) is 28.3 Å². The van der Waals surface area contributed by atoms with E-state index in [1.54, 1.807) is 41.5 Å². The van der Waals surface area contributed by atoms with Crippen molar-refractivity contribution in [3.8, 4) is 5.88 Å². The fourth-order valence-corrected chi connectivity index (χ4v) is 1.85. The van der Waals surface area contributed by atoms with E-state index in [-0.39, 0.29) is 5.56 Å². The van der Waals surface area contributed by atoms with Crippen LogP contribution in [0.3, 0.4) is 0 Å². The van der Waals surface area contributed by atoms with E-state index in [0.29, 0.717) is 0 Å². The Balaban J connectivity index is 2.87. The zero-order valence-corrected chi connectivity index (χ0v) is 16.2. The Labute approximate surface area is 155 Å². The Kier molecular flexibility index (Phi) is 6.70. The van der Waals surface area contributed by atoms with Crippen LogP contribution in [0.1, 0.15) is 58.3 Å². The van der Waals surface area contributed by atoms with Crippen molar-refractivity contribution in [1.82, 2.24) is 4.98 Å². The summed E-state index contributed by atoms with van der Waals surface area (Å²) in [7, 11) is 0. The van der Waals surface area contributed by atoms with Gasteiger partial charge in [-0.05, 0) is 47.6 Å². The smallest absolute Gasteiger partial charge is 0.341 e. The summed E-state index contributed by atoms with van der Waals surface area (Å²) in [5.41, 5.74) is -1.90. The summed E-state index contributed by atoms with van der Waals surface area (Å²) in [5.74, 6) is -4.64. The van der Waals surface area contributed by atoms with Crippen molar-refractivity contribution in [2.75, 3.05) is 0 Å². The van der Waals surface area contributed by atoms with Crippen molar-refractivity contribution >= 4 is 29.5 Å². The van der Waals surface area contributed by atoms with Crippen molar-refractivity contribution in [2.45, 2.75) is 59.2 Å². The van der Waals surface area contributed by atoms with Gasteiger partial charge in [0.05, 0.1) is 0 Å². The molecule has 1 heterocycles. The molecule has 0 radical (unpaired) electrons. The zero-order valence-electron chi connectivity index (χ0n) is 15.4. The Morgan fingerprint density at radius 2 is 1.58 bits per heavy atom. The van der Waals surface area contributed by atoms with Crippen molar-refractivity contribution in [2.24, 2.45) is 0 Å². The third-order valence-corrected chi connectivity index (χ3v) is 2.72. The summed E-state index contributed by atoms with van der Waals surface area (Å²) >= 11 is 5.84. The quantitative estimate of drug-likeness (QED) is 0.442. The summed E-state index contributed by atoms with van der Waals surface area (Å²) in [4.78, 5) is 38.8. The van der Waals surface area contributed by atoms with E-state index >= 15 is 0 Å². The lowest BCUT2D eigenvalue weighted by atomic mass is 10.2. The van der Waals surface area contributed by atoms with E-state index < -0.39 is 52.4 Å². The molecule has 0 saturated heterocycles. The Bertz CT molecular complexity index is 721. The van der Waals surface area contributed by atoms with Crippen LogP contribution in [0.4, 0.5) is 4.39 Å². The molecule has 0 saturated carbocycles. The molecule has 7 nitrogen and oxygen atoms in total. The molecule has 0 atom stereocenters. The highest BCUT2D eigenvalue weighted by Crippen LogP contribution is 2.24. The van der Waals surface area contributed by atoms with Crippen LogP contribution in [0.2, 0.25) is 5.15 Å². The molecular formula is C17H21ClFNO6. The van der Waals surface area contributed by atoms with Gasteiger partial charge in [0.25, 0.3) is 5.88 Å². The third-order valence-electron chi connectivity index (χ3n) is 2.44. The van der Waals surface area contributed by atoms with Crippen LogP contribution in [-0.4, -0.2) is 34.1 Å². The molecule has 0 bridgehead atoms. The fraction of sp³-hybridized carbons (Fsp3) is 0.529. The highest BCUT2D eigenvalue weighted by atomic mass is 35.5. The number of hydrogen-bond donors (Lipinski definition) is 0. The molecule has 0 fully saturated rings. The predicted molar refractivity (Wildman–Crippen MR) is 90.5 cm³/mol. The summed E-state index contributed by atoms with van der Waals surface area (Å²) < 4.78 is 28.8. The third kappa shape index (κ3) is 7.35. The highest BCUT2D eigenvalue weighted by Gasteiger charge is 2.25. The lowest BCUT2D eigenvalue weighted by Crippen LogP contribution is -2.26. The molecule has 1 rings (SSSR count). The first-order valence-corrected chi connectivity index (χ1v) is 8.07. The van der Waals surface area contributed by atoms with E-state index in [4.69, 9.17) is 21.1 Å². The van der Waals surface area contributed by atoms with Crippen molar-refractivity contribution in [3.05, 3.63) is 22.6 Å². The van der Waals surface area contributed by atoms with Gasteiger partial charge < -0.3 is 14.2 Å². The number of ether oxygens (including phenoxy) is 3. The number of hydrogen-bond acceptors (Lipinski definition) is 7. The van der Waals surface area contributed by atoms with Crippen LogP contribution in [0.5, 0.6) is 5.88 Å². The van der Waals surface area contributed by atoms with Crippen LogP contribution in [0.15, 0.2) is 6.07 Å². The zero-order chi connectivity index (χ0) is 20.3. The van der Waals surface area contributed by atoms with Gasteiger partial charge in [-0.1, -0.05) is 11.6 Å². The lowest BCUT2D eigenvalue weighted by Gasteiger charge is -2.20. The molecule has 0 aromatic carbocycles. The Morgan fingerprint density at radius 1 is 1.04 bits per heavy atom. The summed E-state index contributed by atoms with van der Waals surface area (Å²) in [6.45, 7) is 9.80. The van der Waals surface area contributed by atoms with Crippen LogP contribution in [0.25, 0.3) is 0 Å². The van der Waals surface area contributed by atoms with E-state index in [0.717, 1.165) is 6.07 Å². The topological polar surface area (TPSA) is 91.8 Å². The predicted octanol–water partition coefficient (Wildman–Crippen LogP) is 3.47. The first-order valence-electron chi connectivity index (χ1n) is 7.70. The average molecular weight is 390 g/mol. The van der Waals surface area contributed by atoms with E-state index in [1.165, 1.54) is 0 Å². The number of halogens is 2. The number of carbonyl (C=O) groups is 3. The van der Waals surface area contributed by atoms with Crippen molar-refractivity contribution in [1.29, 1.82) is 0 Å². The number of nitrogens with zero attached hydrogens (tertiary/aromatic N) is 1. The van der Waals surface area contributed by atoms with Crippen molar-refractivity contribution in [3.63, 3.8) is 0 Å². The minimum atomic E-state index is -1.10. The molecule has 144 valence electrons. The number of carbonyl (C=O) groups excluding carboxylic acids is 3. The largest absolute Gasteiger partial charge is 0.460 e. The summed E-state index contributed by atoms with van der Waals surface area (Å²) in [6.07, 6.45) is -0.732. The van der Waals surface area contributed by atoms with Crippen molar-refractivity contribution < 1.29 is 33.0 Å². The molecule has 1 aromatic heterocycles. The molecule has 26 heavy (non-hydrogen) atoms. The van der Waals surface area contributed by atoms with Crippen LogP contribution in [0, 0.1) is 5.82 Å². The summed E-state index contributed by atoms with van der Waals surface area (Å²) in [6, 6.07) is 0.749. The molecule has 1 aromatic rings. The van der Waals surface area contributed by atoms with Crippen LogP contribution in [-0.2, 0) is 19.1 Å². The second-order valence-corrected chi connectivity index (χ2v) is 7.71. The fourth-order valence-electron chi connectivity index (χ4n) is 1.64. The van der Waals surface area contributed by atoms with Gasteiger partial charge in [0.15, 0.2) is 5.82 Å². The summed E-state index contributed by atoms with van der Waals surface area (Å²) in [5, 5.41) is -0.402. The van der Waals surface area contributed by atoms with Gasteiger partial charge in [-0.15, -0.1) is 0 Å². The SMILES string of the molecule is CC(C)(C)OC(=O)CC(=O)Oc1nc(Cl)c(C(=O)OC(C)(C)C)cc1F. The second-order valence-electron chi connectivity index (χ2n) is 7.35. The molecule has 0 aliphatic carbocycles. The van der Waals surface area contributed by atoms with E-state index in [9.17, 15) is 18.8 Å². The average Bonchev–Trinajstić information content (AvgIpc) is 2.37. The Morgan fingerprint density at radius 3 is 2.08 bits per heavy atom. The molecular weight excluding hydrogens is 369 g/mol. The van der Waals surface area contributed by atoms with E-state index in [2.05, 4.69) is 9.72 Å². The maximum Gasteiger partial charge on any atom is 0.341 e. The molecule has 9 heteroatoms. The number of esters is 3. The van der Waals surface area contributed by atoms with Gasteiger partial charge >= 0.3 is 17.9 Å². The van der Waals surface area contributed by atoms with Gasteiger partial charge in [-0.3, -0.25) is 9.59 Å². The molecule has 0 amide bonds. The lowest BCUT2D eigenvalue weighted by molar-refractivity contribution is -0.159. The van der Waals surface area contributed by atoms with Crippen LogP contribution >= 0.6 is 11.6 Å². The maximum atomic E-state index is 14.1. The Hall–Kier alpha value is -2.22. The minimum absolute atomic E-state index is 0.314. The molecule has 0 N–H and O–H groups in total. The van der Waals surface area contributed by atoms with Gasteiger partial charge in [0, 0.05) is 0 Å². The van der Waals surface area contributed by atoms with Gasteiger partial charge in [0.2, 0.25) is 0 Å². The maximum absolute atomic E-state index is 14.1. The number of aromatic nitrogens is 1. The second kappa shape index (κ2) is 7.99. The number of pyridine rings is 1. The highest BCUT2D eigenvalue weighted by molar-refractivity contribution is 6.32. The molecule has 0 spiro atoms. The van der Waals surface area contributed by atoms with Gasteiger partial charge in [-0.25, -0.2) is 9.18 Å². The molecule has 0 aliphatic rings. The van der Waals surface area contributed by atoms with Gasteiger partial charge in [-0.2, -0.15) is 4.98 Å². The standard InChI is InChI=1S/C17H21ClFNO6/c1-16(2,3)25-12(22)8-11(21)24-14-10(19)7-9(13(18)20-14)15(23)26-17(4,5)6/h7H,8H2,1-6H3. The normalized spacial score (nSPS) is 11.7. The minimum Gasteiger partial charge on any atom is -0.460 e. The monoisotopic (exact) mass is 389 g/mol. The van der Waals surface area contributed by atoms with Crippen LogP contribution < -0.4 is 4.74 Å². The van der Waals surface area contributed by atoms with E-state index in [1.807, 2.05) is 0 Å².